The molecule has 1 rings (SSSR count). The van der Waals surface area contributed by atoms with E-state index in [1.807, 2.05) is 13.0 Å². The van der Waals surface area contributed by atoms with Crippen molar-refractivity contribution in [2.45, 2.75) is 39.0 Å². The molecule has 0 bridgehead atoms. The van der Waals surface area contributed by atoms with Crippen LogP contribution in [0.3, 0.4) is 0 Å². The third-order valence-corrected chi connectivity index (χ3v) is 3.23. The van der Waals surface area contributed by atoms with Crippen LogP contribution in [0.15, 0.2) is 12.1 Å². The largest absolute Gasteiger partial charge is 0.508 e. The predicted octanol–water partition coefficient (Wildman–Crippen LogP) is 3.62. The van der Waals surface area contributed by atoms with E-state index in [1.54, 1.807) is 6.07 Å². The molecule has 1 atom stereocenters. The molecule has 3 heteroatoms. The number of hydrogen-bond donors (Lipinski definition) is 2. The minimum absolute atomic E-state index is 0.240. The number of phenols is 1. The van der Waals surface area contributed by atoms with Gasteiger partial charge in [0.25, 0.3) is 0 Å². The Balaban J connectivity index is 3.10. The fourth-order valence-electron chi connectivity index (χ4n) is 1.84. The van der Waals surface area contributed by atoms with Crippen molar-refractivity contribution in [3.63, 3.8) is 0 Å². The lowest BCUT2D eigenvalue weighted by atomic mass is 9.93. The lowest BCUT2D eigenvalue weighted by Crippen LogP contribution is -2.05. The second-order valence-corrected chi connectivity index (χ2v) is 4.97. The smallest absolute Gasteiger partial charge is 0.119 e. The standard InChI is InChI=1S/C13H20ClNO/c1-8(2)10-7-13(16)11(6-12(10)14)9(3)4-5-15/h6-9,16H,4-5,15H2,1-3H3. The molecule has 0 spiro atoms. The van der Waals surface area contributed by atoms with E-state index in [1.165, 1.54) is 0 Å². The van der Waals surface area contributed by atoms with Gasteiger partial charge in [0.05, 0.1) is 0 Å². The summed E-state index contributed by atoms with van der Waals surface area (Å²) >= 11 is 6.20. The summed E-state index contributed by atoms with van der Waals surface area (Å²) in [6.07, 6.45) is 0.852. The number of aromatic hydroxyl groups is 1. The molecule has 16 heavy (non-hydrogen) atoms. The van der Waals surface area contributed by atoms with Gasteiger partial charge in [0.15, 0.2) is 0 Å². The highest BCUT2D eigenvalue weighted by Gasteiger charge is 2.14. The number of halogens is 1. The van der Waals surface area contributed by atoms with Gasteiger partial charge in [-0.25, -0.2) is 0 Å². The SMILES string of the molecule is CC(C)c1cc(O)c(C(C)CCN)cc1Cl. The Labute approximate surface area is 102 Å². The van der Waals surface area contributed by atoms with Crippen LogP contribution in [-0.4, -0.2) is 11.7 Å². The molecular weight excluding hydrogens is 222 g/mol. The van der Waals surface area contributed by atoms with Gasteiger partial charge in [0.2, 0.25) is 0 Å². The summed E-state index contributed by atoms with van der Waals surface area (Å²) in [7, 11) is 0. The summed E-state index contributed by atoms with van der Waals surface area (Å²) in [5, 5.41) is 10.7. The molecule has 0 aliphatic rings. The minimum atomic E-state index is 0.240. The maximum atomic E-state index is 9.96. The number of nitrogens with two attached hydrogens (primary N) is 1. The van der Waals surface area contributed by atoms with Crippen LogP contribution in [0.25, 0.3) is 0 Å². The second-order valence-electron chi connectivity index (χ2n) is 4.57. The first-order valence-electron chi connectivity index (χ1n) is 5.69. The summed E-state index contributed by atoms with van der Waals surface area (Å²) in [6.45, 7) is 6.78. The fourth-order valence-corrected chi connectivity index (χ4v) is 2.23. The average molecular weight is 242 g/mol. The first kappa shape index (κ1) is 13.3. The monoisotopic (exact) mass is 241 g/mol. The van der Waals surface area contributed by atoms with Crippen molar-refractivity contribution in [1.82, 2.24) is 0 Å². The van der Waals surface area contributed by atoms with Gasteiger partial charge in [-0.1, -0.05) is 32.4 Å². The van der Waals surface area contributed by atoms with E-state index in [0.717, 1.165) is 22.6 Å². The van der Waals surface area contributed by atoms with Crippen LogP contribution in [-0.2, 0) is 0 Å². The van der Waals surface area contributed by atoms with Crippen molar-refractivity contribution in [3.05, 3.63) is 28.3 Å². The first-order chi connectivity index (χ1) is 7.47. The molecule has 2 nitrogen and oxygen atoms in total. The van der Waals surface area contributed by atoms with E-state index in [4.69, 9.17) is 17.3 Å². The molecule has 1 unspecified atom stereocenters. The summed E-state index contributed by atoms with van der Waals surface area (Å²) in [5.74, 6) is 0.884. The van der Waals surface area contributed by atoms with Gasteiger partial charge in [-0.3, -0.25) is 0 Å². The Morgan fingerprint density at radius 3 is 2.38 bits per heavy atom. The first-order valence-corrected chi connectivity index (χ1v) is 6.07. The zero-order valence-corrected chi connectivity index (χ0v) is 10.9. The highest BCUT2D eigenvalue weighted by molar-refractivity contribution is 6.31. The quantitative estimate of drug-likeness (QED) is 0.846. The molecule has 0 heterocycles. The summed E-state index contributed by atoms with van der Waals surface area (Å²) in [4.78, 5) is 0. The molecule has 0 aromatic heterocycles. The van der Waals surface area contributed by atoms with Gasteiger partial charge >= 0.3 is 0 Å². The van der Waals surface area contributed by atoms with E-state index in [0.29, 0.717) is 18.2 Å². The number of phenolic OH excluding ortho intramolecular Hbond substituents is 1. The predicted molar refractivity (Wildman–Crippen MR) is 69.3 cm³/mol. The van der Waals surface area contributed by atoms with Crippen molar-refractivity contribution in [2.75, 3.05) is 6.54 Å². The molecule has 0 aliphatic heterocycles. The van der Waals surface area contributed by atoms with Crippen LogP contribution < -0.4 is 5.73 Å². The zero-order chi connectivity index (χ0) is 12.3. The van der Waals surface area contributed by atoms with Crippen molar-refractivity contribution in [1.29, 1.82) is 0 Å². The highest BCUT2D eigenvalue weighted by atomic mass is 35.5. The number of hydrogen-bond acceptors (Lipinski definition) is 2. The molecule has 0 saturated heterocycles. The summed E-state index contributed by atoms with van der Waals surface area (Å²) < 4.78 is 0. The summed E-state index contributed by atoms with van der Waals surface area (Å²) in [6, 6.07) is 3.64. The Kier molecular flexibility index (Phi) is 4.63. The van der Waals surface area contributed by atoms with Crippen LogP contribution in [0.5, 0.6) is 5.75 Å². The van der Waals surface area contributed by atoms with Crippen molar-refractivity contribution in [3.8, 4) is 5.75 Å². The molecule has 0 radical (unpaired) electrons. The van der Waals surface area contributed by atoms with E-state index >= 15 is 0 Å². The fraction of sp³-hybridized carbons (Fsp3) is 0.538. The van der Waals surface area contributed by atoms with Crippen molar-refractivity contribution < 1.29 is 5.11 Å². The Morgan fingerprint density at radius 1 is 1.25 bits per heavy atom. The van der Waals surface area contributed by atoms with E-state index < -0.39 is 0 Å². The molecule has 0 fully saturated rings. The lowest BCUT2D eigenvalue weighted by molar-refractivity contribution is 0.460. The van der Waals surface area contributed by atoms with Gasteiger partial charge in [-0.15, -0.1) is 0 Å². The molecule has 0 aliphatic carbocycles. The second kappa shape index (κ2) is 5.55. The van der Waals surface area contributed by atoms with Crippen LogP contribution in [0.1, 0.15) is 50.2 Å². The normalized spacial score (nSPS) is 13.1. The van der Waals surface area contributed by atoms with Crippen LogP contribution in [0, 0.1) is 0 Å². The molecule has 90 valence electrons. The van der Waals surface area contributed by atoms with Gasteiger partial charge in [0.1, 0.15) is 5.75 Å². The van der Waals surface area contributed by atoms with Crippen molar-refractivity contribution in [2.24, 2.45) is 5.73 Å². The topological polar surface area (TPSA) is 46.2 Å². The zero-order valence-electron chi connectivity index (χ0n) is 10.1. The minimum Gasteiger partial charge on any atom is -0.508 e. The van der Waals surface area contributed by atoms with Crippen LogP contribution in [0.2, 0.25) is 5.02 Å². The number of benzene rings is 1. The Bertz CT molecular complexity index is 363. The molecule has 1 aromatic rings. The molecule has 3 N–H and O–H groups in total. The number of rotatable bonds is 4. The van der Waals surface area contributed by atoms with Crippen LogP contribution >= 0.6 is 11.6 Å². The molecule has 0 saturated carbocycles. The third kappa shape index (κ3) is 2.89. The van der Waals surface area contributed by atoms with Crippen molar-refractivity contribution >= 4 is 11.6 Å². The summed E-state index contributed by atoms with van der Waals surface area (Å²) in [5.41, 5.74) is 7.40. The Morgan fingerprint density at radius 2 is 1.88 bits per heavy atom. The lowest BCUT2D eigenvalue weighted by Gasteiger charge is -2.16. The van der Waals surface area contributed by atoms with Crippen LogP contribution in [0.4, 0.5) is 0 Å². The maximum Gasteiger partial charge on any atom is 0.119 e. The van der Waals surface area contributed by atoms with E-state index in [2.05, 4.69) is 13.8 Å². The molecule has 1 aromatic carbocycles. The molecular formula is C13H20ClNO. The van der Waals surface area contributed by atoms with E-state index in [9.17, 15) is 5.11 Å². The van der Waals surface area contributed by atoms with E-state index in [-0.39, 0.29) is 5.92 Å². The van der Waals surface area contributed by atoms with Gasteiger partial charge in [0, 0.05) is 5.02 Å². The highest BCUT2D eigenvalue weighted by Crippen LogP contribution is 2.35. The average Bonchev–Trinajstić information content (AvgIpc) is 2.20. The molecule has 0 amide bonds. The van der Waals surface area contributed by atoms with Gasteiger partial charge in [-0.05, 0) is 48.1 Å². The maximum absolute atomic E-state index is 9.96. The van der Waals surface area contributed by atoms with Gasteiger partial charge < -0.3 is 10.8 Å². The Hall–Kier alpha value is -0.730. The van der Waals surface area contributed by atoms with Gasteiger partial charge in [-0.2, -0.15) is 0 Å². The third-order valence-electron chi connectivity index (χ3n) is 2.90.